The van der Waals surface area contributed by atoms with Gasteiger partial charge in [0, 0.05) is 53.8 Å². The molecule has 1 heterocycles. The van der Waals surface area contributed by atoms with Crippen molar-refractivity contribution >= 4 is 46.5 Å². The highest BCUT2D eigenvalue weighted by molar-refractivity contribution is 6.30. The molecule has 3 aromatic rings. The molecule has 0 spiro atoms. The van der Waals surface area contributed by atoms with E-state index in [9.17, 15) is 14.4 Å². The lowest BCUT2D eigenvalue weighted by atomic mass is 10.2. The summed E-state index contributed by atoms with van der Waals surface area (Å²) in [5.74, 6) is -0.469. The maximum atomic E-state index is 12.6. The average molecular weight is 492 g/mol. The van der Waals surface area contributed by atoms with Gasteiger partial charge in [-0.1, -0.05) is 29.8 Å². The highest BCUT2D eigenvalue weighted by atomic mass is 35.5. The van der Waals surface area contributed by atoms with Crippen LogP contribution in [0.15, 0.2) is 78.9 Å². The molecule has 0 bridgehead atoms. The van der Waals surface area contributed by atoms with Crippen LogP contribution in [0.1, 0.15) is 10.4 Å². The van der Waals surface area contributed by atoms with Gasteiger partial charge in [-0.3, -0.25) is 9.59 Å². The van der Waals surface area contributed by atoms with E-state index in [2.05, 4.69) is 20.9 Å². The van der Waals surface area contributed by atoms with Gasteiger partial charge in [-0.15, -0.1) is 0 Å². The van der Waals surface area contributed by atoms with Gasteiger partial charge in [-0.05, 0) is 60.7 Å². The van der Waals surface area contributed by atoms with Crippen molar-refractivity contribution in [2.24, 2.45) is 0 Å². The summed E-state index contributed by atoms with van der Waals surface area (Å²) in [6.45, 7) is 2.53. The third-order valence-corrected chi connectivity index (χ3v) is 5.91. The second kappa shape index (κ2) is 11.4. The van der Waals surface area contributed by atoms with Crippen LogP contribution >= 0.6 is 11.6 Å². The number of halogens is 1. The van der Waals surface area contributed by atoms with E-state index in [0.29, 0.717) is 48.1 Å². The molecule has 1 fully saturated rings. The maximum Gasteiger partial charge on any atom is 0.323 e. The molecule has 4 rings (SSSR count). The fraction of sp³-hybridized carbons (Fsp3) is 0.192. The first kappa shape index (κ1) is 24.1. The number of urea groups is 1. The minimum Gasteiger partial charge on any atom is -0.368 e. The fourth-order valence-electron chi connectivity index (χ4n) is 3.76. The molecule has 1 aliphatic heterocycles. The van der Waals surface area contributed by atoms with Crippen molar-refractivity contribution < 1.29 is 14.4 Å². The minimum atomic E-state index is -0.379. The molecule has 0 radical (unpaired) electrons. The molecule has 8 nitrogen and oxygen atoms in total. The minimum absolute atomic E-state index is 0.0702. The number of carbonyl (C=O) groups is 3. The van der Waals surface area contributed by atoms with E-state index in [1.807, 2.05) is 42.5 Å². The Morgan fingerprint density at radius 3 is 1.97 bits per heavy atom. The second-order valence-corrected chi connectivity index (χ2v) is 8.49. The summed E-state index contributed by atoms with van der Waals surface area (Å²) in [6.07, 6.45) is 0. The third-order valence-electron chi connectivity index (χ3n) is 5.66. The number of rotatable bonds is 6. The summed E-state index contributed by atoms with van der Waals surface area (Å²) >= 11 is 5.95. The predicted molar refractivity (Wildman–Crippen MR) is 138 cm³/mol. The van der Waals surface area contributed by atoms with Gasteiger partial charge in [0.05, 0.1) is 6.54 Å². The Kier molecular flexibility index (Phi) is 7.84. The van der Waals surface area contributed by atoms with Crippen LogP contribution in [0.3, 0.4) is 0 Å². The van der Waals surface area contributed by atoms with E-state index in [1.165, 1.54) is 0 Å². The van der Waals surface area contributed by atoms with Crippen molar-refractivity contribution in [2.45, 2.75) is 0 Å². The quantitative estimate of drug-likeness (QED) is 0.484. The highest BCUT2D eigenvalue weighted by Crippen LogP contribution is 2.19. The van der Waals surface area contributed by atoms with Gasteiger partial charge in [-0.25, -0.2) is 4.79 Å². The Morgan fingerprint density at radius 1 is 0.743 bits per heavy atom. The molecule has 35 heavy (non-hydrogen) atoms. The molecule has 1 aliphatic rings. The molecule has 0 saturated carbocycles. The Bertz CT molecular complexity index is 1160. The largest absolute Gasteiger partial charge is 0.368 e. The van der Waals surface area contributed by atoms with Gasteiger partial charge in [0.2, 0.25) is 5.91 Å². The molecule has 180 valence electrons. The molecule has 0 aliphatic carbocycles. The standard InChI is InChI=1S/C26H26ClN5O3/c27-20-8-12-23(13-9-20)31-14-16-32(17-15-31)24(33)18-28-25(34)19-6-10-22(11-7-19)30-26(35)29-21-4-2-1-3-5-21/h1-13H,14-18H2,(H,28,34)(H2,29,30,35). The zero-order chi connectivity index (χ0) is 24.6. The Labute approximate surface area is 208 Å². The first-order valence-electron chi connectivity index (χ1n) is 11.3. The summed E-state index contributed by atoms with van der Waals surface area (Å²) in [7, 11) is 0. The molecular formula is C26H26ClN5O3. The third kappa shape index (κ3) is 6.74. The summed E-state index contributed by atoms with van der Waals surface area (Å²) in [4.78, 5) is 41.1. The van der Waals surface area contributed by atoms with Gasteiger partial charge < -0.3 is 25.8 Å². The average Bonchev–Trinajstić information content (AvgIpc) is 2.88. The van der Waals surface area contributed by atoms with E-state index < -0.39 is 0 Å². The first-order valence-corrected chi connectivity index (χ1v) is 11.7. The molecule has 9 heteroatoms. The highest BCUT2D eigenvalue weighted by Gasteiger charge is 2.21. The van der Waals surface area contributed by atoms with Gasteiger partial charge in [0.15, 0.2) is 0 Å². The number of nitrogens with zero attached hydrogens (tertiary/aromatic N) is 2. The number of anilines is 3. The van der Waals surface area contributed by atoms with Gasteiger partial charge in [-0.2, -0.15) is 0 Å². The lowest BCUT2D eigenvalue weighted by Gasteiger charge is -2.36. The van der Waals surface area contributed by atoms with Crippen LogP contribution < -0.4 is 20.9 Å². The van der Waals surface area contributed by atoms with Gasteiger partial charge in [0.25, 0.3) is 5.91 Å². The topological polar surface area (TPSA) is 93.8 Å². The Balaban J connectivity index is 1.21. The van der Waals surface area contributed by atoms with E-state index in [1.54, 1.807) is 41.3 Å². The van der Waals surface area contributed by atoms with E-state index in [-0.39, 0.29) is 24.4 Å². The number of benzene rings is 3. The molecule has 0 unspecified atom stereocenters. The summed E-state index contributed by atoms with van der Waals surface area (Å²) in [6, 6.07) is 22.8. The molecule has 3 aromatic carbocycles. The van der Waals surface area contributed by atoms with Crippen molar-refractivity contribution in [1.82, 2.24) is 10.2 Å². The summed E-state index contributed by atoms with van der Waals surface area (Å²) < 4.78 is 0. The molecule has 1 saturated heterocycles. The Morgan fingerprint density at radius 2 is 1.34 bits per heavy atom. The number of hydrogen-bond acceptors (Lipinski definition) is 4. The van der Waals surface area contributed by atoms with E-state index in [0.717, 1.165) is 5.69 Å². The van der Waals surface area contributed by atoms with Crippen LogP contribution in [-0.2, 0) is 4.79 Å². The predicted octanol–water partition coefficient (Wildman–Crippen LogP) is 4.06. The van der Waals surface area contributed by atoms with Gasteiger partial charge in [0.1, 0.15) is 0 Å². The normalized spacial score (nSPS) is 13.2. The van der Waals surface area contributed by atoms with E-state index >= 15 is 0 Å². The number of amides is 4. The Hall–Kier alpha value is -4.04. The van der Waals surface area contributed by atoms with Crippen molar-refractivity contribution in [1.29, 1.82) is 0 Å². The monoisotopic (exact) mass is 491 g/mol. The molecule has 0 atom stereocenters. The fourth-order valence-corrected chi connectivity index (χ4v) is 3.88. The van der Waals surface area contributed by atoms with Crippen LogP contribution in [0.2, 0.25) is 5.02 Å². The lowest BCUT2D eigenvalue weighted by Crippen LogP contribution is -2.51. The summed E-state index contributed by atoms with van der Waals surface area (Å²) in [5, 5.41) is 8.81. The van der Waals surface area contributed by atoms with Crippen molar-refractivity contribution in [3.63, 3.8) is 0 Å². The molecular weight excluding hydrogens is 466 g/mol. The number of hydrogen-bond donors (Lipinski definition) is 3. The van der Waals surface area contributed by atoms with Crippen molar-refractivity contribution in [3.05, 3.63) is 89.4 Å². The second-order valence-electron chi connectivity index (χ2n) is 8.05. The van der Waals surface area contributed by atoms with Crippen molar-refractivity contribution in [3.8, 4) is 0 Å². The van der Waals surface area contributed by atoms with Gasteiger partial charge >= 0.3 is 6.03 Å². The van der Waals surface area contributed by atoms with Crippen LogP contribution in [0.25, 0.3) is 0 Å². The lowest BCUT2D eigenvalue weighted by molar-refractivity contribution is -0.130. The number of piperazine rings is 1. The van der Waals surface area contributed by atoms with Crippen molar-refractivity contribution in [2.75, 3.05) is 48.3 Å². The van der Waals surface area contributed by atoms with E-state index in [4.69, 9.17) is 11.6 Å². The van der Waals surface area contributed by atoms with Crippen LogP contribution in [0, 0.1) is 0 Å². The van der Waals surface area contributed by atoms with Crippen LogP contribution in [0.5, 0.6) is 0 Å². The zero-order valence-corrected chi connectivity index (χ0v) is 19.8. The summed E-state index contributed by atoms with van der Waals surface area (Å²) in [5.41, 5.74) is 2.70. The zero-order valence-electron chi connectivity index (χ0n) is 19.0. The smallest absolute Gasteiger partial charge is 0.323 e. The number of para-hydroxylation sites is 1. The SMILES string of the molecule is O=C(Nc1ccccc1)Nc1ccc(C(=O)NCC(=O)N2CCN(c3ccc(Cl)cc3)CC2)cc1. The number of carbonyl (C=O) groups excluding carboxylic acids is 3. The first-order chi connectivity index (χ1) is 17.0. The number of nitrogens with one attached hydrogen (secondary N) is 3. The van der Waals surface area contributed by atoms with Crippen LogP contribution in [0.4, 0.5) is 21.9 Å². The maximum absolute atomic E-state index is 12.6. The molecule has 3 N–H and O–H groups in total. The molecule has 0 aromatic heterocycles. The molecule has 4 amide bonds. The van der Waals surface area contributed by atoms with Crippen LogP contribution in [-0.4, -0.2) is 55.5 Å².